The van der Waals surface area contributed by atoms with Crippen molar-refractivity contribution in [3.05, 3.63) is 52.6 Å². The van der Waals surface area contributed by atoms with E-state index in [-0.39, 0.29) is 31.0 Å². The highest BCUT2D eigenvalue weighted by atomic mass is 16.6. The molecule has 7 heteroatoms. The molecule has 0 saturated heterocycles. The molecule has 0 unspecified atom stereocenters. The maximum atomic E-state index is 12.2. The highest BCUT2D eigenvalue weighted by Gasteiger charge is 2.14. The van der Waals surface area contributed by atoms with Gasteiger partial charge >= 0.3 is 5.97 Å². The molecule has 124 valence electrons. The van der Waals surface area contributed by atoms with Crippen LogP contribution in [0.2, 0.25) is 0 Å². The molecule has 0 atom stereocenters. The molecule has 1 amide bonds. The van der Waals surface area contributed by atoms with Crippen LogP contribution in [0, 0.1) is 10.1 Å². The fourth-order valence-electron chi connectivity index (χ4n) is 2.11. The highest BCUT2D eigenvalue weighted by molar-refractivity contribution is 5.76. The van der Waals surface area contributed by atoms with Gasteiger partial charge in [-0.2, -0.15) is 0 Å². The topological polar surface area (TPSA) is 101 Å². The smallest absolute Gasteiger partial charge is 0.303 e. The number of carboxylic acid groups (broad SMARTS) is 1. The maximum Gasteiger partial charge on any atom is 0.303 e. The predicted octanol–water partition coefficient (Wildman–Crippen LogP) is 2.75. The van der Waals surface area contributed by atoms with E-state index in [2.05, 4.69) is 6.58 Å². The summed E-state index contributed by atoms with van der Waals surface area (Å²) < 4.78 is 0. The minimum Gasteiger partial charge on any atom is -0.481 e. The van der Waals surface area contributed by atoms with Crippen molar-refractivity contribution in [2.45, 2.75) is 32.2 Å². The molecule has 0 radical (unpaired) electrons. The Balaban J connectivity index is 2.65. The van der Waals surface area contributed by atoms with Gasteiger partial charge in [0.05, 0.1) is 4.92 Å². The number of carboxylic acids is 1. The lowest BCUT2D eigenvalue weighted by molar-refractivity contribution is -0.384. The second kappa shape index (κ2) is 9.34. The van der Waals surface area contributed by atoms with Crippen molar-refractivity contribution in [3.8, 4) is 0 Å². The van der Waals surface area contributed by atoms with Crippen molar-refractivity contribution in [1.29, 1.82) is 0 Å². The number of benzene rings is 1. The molecule has 0 aliphatic rings. The number of amides is 1. The summed E-state index contributed by atoms with van der Waals surface area (Å²) in [6, 6.07) is 6.14. The summed E-state index contributed by atoms with van der Waals surface area (Å²) in [4.78, 5) is 34.5. The van der Waals surface area contributed by atoms with Crippen molar-refractivity contribution in [1.82, 2.24) is 4.90 Å². The fraction of sp³-hybridized carbons (Fsp3) is 0.375. The molecule has 0 fully saturated rings. The Bertz CT molecular complexity index is 586. The van der Waals surface area contributed by atoms with Crippen LogP contribution < -0.4 is 0 Å². The van der Waals surface area contributed by atoms with E-state index in [4.69, 9.17) is 5.11 Å². The first kappa shape index (κ1) is 18.3. The summed E-state index contributed by atoms with van der Waals surface area (Å²) in [7, 11) is 0. The van der Waals surface area contributed by atoms with E-state index in [0.717, 1.165) is 0 Å². The second-order valence-electron chi connectivity index (χ2n) is 5.09. The van der Waals surface area contributed by atoms with E-state index in [0.29, 0.717) is 24.9 Å². The summed E-state index contributed by atoms with van der Waals surface area (Å²) in [6.07, 6.45) is 2.82. The van der Waals surface area contributed by atoms with Crippen molar-refractivity contribution in [2.24, 2.45) is 0 Å². The average Bonchev–Trinajstić information content (AvgIpc) is 2.51. The Labute approximate surface area is 134 Å². The third kappa shape index (κ3) is 6.73. The summed E-state index contributed by atoms with van der Waals surface area (Å²) in [5, 5.41) is 19.4. The quantitative estimate of drug-likeness (QED) is 0.309. The zero-order valence-corrected chi connectivity index (χ0v) is 12.8. The number of hydrogen-bond donors (Lipinski definition) is 1. The van der Waals surface area contributed by atoms with E-state index in [1.165, 1.54) is 12.1 Å². The van der Waals surface area contributed by atoms with Crippen LogP contribution in [0.1, 0.15) is 31.2 Å². The number of non-ortho nitro benzene ring substituents is 1. The maximum absolute atomic E-state index is 12.2. The molecule has 1 rings (SSSR count). The Kier molecular flexibility index (Phi) is 7.45. The molecule has 0 aliphatic carbocycles. The molecular formula is C16H20N2O5. The first-order valence-corrected chi connectivity index (χ1v) is 7.28. The fourth-order valence-corrected chi connectivity index (χ4v) is 2.11. The zero-order chi connectivity index (χ0) is 17.2. The van der Waals surface area contributed by atoms with Crippen LogP contribution >= 0.6 is 0 Å². The molecule has 7 nitrogen and oxygen atoms in total. The molecule has 0 heterocycles. The lowest BCUT2D eigenvalue weighted by atomic mass is 10.1. The van der Waals surface area contributed by atoms with Crippen LogP contribution in [0.4, 0.5) is 5.69 Å². The van der Waals surface area contributed by atoms with Gasteiger partial charge in [0.1, 0.15) is 0 Å². The number of nitro benzene ring substituents is 1. The van der Waals surface area contributed by atoms with Crippen molar-refractivity contribution in [2.75, 3.05) is 6.54 Å². The number of nitrogens with zero attached hydrogens (tertiary/aromatic N) is 2. The van der Waals surface area contributed by atoms with E-state index >= 15 is 0 Å². The average molecular weight is 320 g/mol. The van der Waals surface area contributed by atoms with Crippen LogP contribution in [0.3, 0.4) is 0 Å². The molecule has 23 heavy (non-hydrogen) atoms. The van der Waals surface area contributed by atoms with Crippen LogP contribution in [0.5, 0.6) is 0 Å². The molecule has 0 aliphatic heterocycles. The minimum atomic E-state index is -0.878. The van der Waals surface area contributed by atoms with Gasteiger partial charge in [-0.15, -0.1) is 6.58 Å². The summed E-state index contributed by atoms with van der Waals surface area (Å²) in [6.45, 7) is 4.20. The van der Waals surface area contributed by atoms with Gasteiger partial charge in [-0.1, -0.05) is 18.2 Å². The number of nitro groups is 1. The number of aliphatic carboxylic acids is 1. The predicted molar refractivity (Wildman–Crippen MR) is 84.8 cm³/mol. The van der Waals surface area contributed by atoms with Gasteiger partial charge in [0.2, 0.25) is 5.91 Å². The number of rotatable bonds is 10. The van der Waals surface area contributed by atoms with Crippen molar-refractivity contribution in [3.63, 3.8) is 0 Å². The largest absolute Gasteiger partial charge is 0.481 e. The van der Waals surface area contributed by atoms with Gasteiger partial charge in [0.25, 0.3) is 5.69 Å². The van der Waals surface area contributed by atoms with Crippen LogP contribution in [0.15, 0.2) is 36.9 Å². The lowest BCUT2D eigenvalue weighted by Gasteiger charge is -2.21. The van der Waals surface area contributed by atoms with Crippen LogP contribution in [0.25, 0.3) is 0 Å². The Morgan fingerprint density at radius 2 is 2.00 bits per heavy atom. The molecular weight excluding hydrogens is 300 g/mol. The van der Waals surface area contributed by atoms with Gasteiger partial charge in [0.15, 0.2) is 0 Å². The molecule has 1 aromatic rings. The van der Waals surface area contributed by atoms with Gasteiger partial charge in [0, 0.05) is 38.1 Å². The standard InChI is InChI=1S/C16H20N2O5/c1-2-10-17(15(19)8-3-4-9-16(20)21)12-13-6-5-7-14(11-13)18(22)23/h2,5-7,11H,1,3-4,8-10,12H2,(H,20,21). The Hall–Kier alpha value is -2.70. The molecule has 0 bridgehead atoms. The van der Waals surface area contributed by atoms with Crippen LogP contribution in [-0.4, -0.2) is 33.4 Å². The number of carbonyl (C=O) groups excluding carboxylic acids is 1. The Morgan fingerprint density at radius 1 is 1.30 bits per heavy atom. The van der Waals surface area contributed by atoms with Gasteiger partial charge in [-0.3, -0.25) is 19.7 Å². The van der Waals surface area contributed by atoms with Gasteiger partial charge < -0.3 is 10.0 Å². The van der Waals surface area contributed by atoms with Gasteiger partial charge in [-0.05, 0) is 18.4 Å². The van der Waals surface area contributed by atoms with E-state index in [9.17, 15) is 19.7 Å². The van der Waals surface area contributed by atoms with Crippen molar-refractivity contribution < 1.29 is 19.6 Å². The number of carbonyl (C=O) groups is 2. The number of hydrogen-bond acceptors (Lipinski definition) is 4. The highest BCUT2D eigenvalue weighted by Crippen LogP contribution is 2.15. The zero-order valence-electron chi connectivity index (χ0n) is 12.8. The second-order valence-corrected chi connectivity index (χ2v) is 5.09. The first-order valence-electron chi connectivity index (χ1n) is 7.28. The van der Waals surface area contributed by atoms with Crippen molar-refractivity contribution >= 4 is 17.6 Å². The Morgan fingerprint density at radius 3 is 2.61 bits per heavy atom. The summed E-state index contributed by atoms with van der Waals surface area (Å²) in [5.74, 6) is -1.00. The minimum absolute atomic E-state index is 0.0186. The monoisotopic (exact) mass is 320 g/mol. The van der Waals surface area contributed by atoms with Gasteiger partial charge in [-0.25, -0.2) is 0 Å². The third-order valence-corrected chi connectivity index (χ3v) is 3.23. The van der Waals surface area contributed by atoms with E-state index < -0.39 is 10.9 Å². The molecule has 0 spiro atoms. The summed E-state index contributed by atoms with van der Waals surface area (Å²) in [5.41, 5.74) is 0.648. The molecule has 0 aromatic heterocycles. The molecule has 0 saturated carbocycles. The van der Waals surface area contributed by atoms with E-state index in [1.807, 2.05) is 0 Å². The van der Waals surface area contributed by atoms with Crippen LogP contribution in [-0.2, 0) is 16.1 Å². The lowest BCUT2D eigenvalue weighted by Crippen LogP contribution is -2.30. The SMILES string of the molecule is C=CCN(Cc1cccc([N+](=O)[O-])c1)C(=O)CCCCC(=O)O. The third-order valence-electron chi connectivity index (χ3n) is 3.23. The first-order chi connectivity index (χ1) is 10.9. The summed E-state index contributed by atoms with van der Waals surface area (Å²) >= 11 is 0. The molecule has 1 N–H and O–H groups in total. The normalized spacial score (nSPS) is 10.1. The molecule has 1 aromatic carbocycles. The number of unbranched alkanes of at least 4 members (excludes halogenated alkanes) is 1. The van der Waals surface area contributed by atoms with E-state index in [1.54, 1.807) is 23.1 Å².